The molecule has 0 saturated heterocycles. The Bertz CT molecular complexity index is 901. The molecule has 0 aliphatic rings. The lowest BCUT2D eigenvalue weighted by atomic mass is 10.2. The monoisotopic (exact) mass is 331 g/mol. The molecule has 0 aliphatic heterocycles. The Morgan fingerprint density at radius 2 is 1.76 bits per heavy atom. The maximum absolute atomic E-state index is 9.00. The standard InChI is InChI=1S/C18H17N7/c1-12(2)21-17-23-16(14-6-4-3-5-7-14)24-18(25-17)22-15-8-13(9-19)10-20-11-15/h3-8,10-12H,1-2H3,(H2,21,22,23,24,25). The summed E-state index contributed by atoms with van der Waals surface area (Å²) < 4.78 is 0. The SMILES string of the molecule is CC(C)Nc1nc(Nc2cncc(C#N)c2)nc(-c2ccccc2)n1. The summed E-state index contributed by atoms with van der Waals surface area (Å²) in [6.45, 7) is 4.03. The summed E-state index contributed by atoms with van der Waals surface area (Å²) >= 11 is 0. The number of benzene rings is 1. The molecule has 124 valence electrons. The highest BCUT2D eigenvalue weighted by Gasteiger charge is 2.10. The summed E-state index contributed by atoms with van der Waals surface area (Å²) in [5, 5.41) is 15.3. The first-order valence-corrected chi connectivity index (χ1v) is 7.84. The molecule has 0 spiro atoms. The number of pyridine rings is 1. The minimum Gasteiger partial charge on any atom is -0.352 e. The number of aromatic nitrogens is 4. The van der Waals surface area contributed by atoms with E-state index in [1.807, 2.05) is 44.2 Å². The molecule has 7 heteroatoms. The van der Waals surface area contributed by atoms with Crippen molar-refractivity contribution in [2.75, 3.05) is 10.6 Å². The Morgan fingerprint density at radius 3 is 2.48 bits per heavy atom. The van der Waals surface area contributed by atoms with Gasteiger partial charge in [-0.1, -0.05) is 30.3 Å². The number of anilines is 3. The molecule has 1 aromatic carbocycles. The maximum atomic E-state index is 9.00. The van der Waals surface area contributed by atoms with Gasteiger partial charge in [0.2, 0.25) is 11.9 Å². The van der Waals surface area contributed by atoms with Crippen molar-refractivity contribution in [3.8, 4) is 17.5 Å². The first-order valence-electron chi connectivity index (χ1n) is 7.84. The van der Waals surface area contributed by atoms with Crippen molar-refractivity contribution in [3.05, 3.63) is 54.4 Å². The topological polar surface area (TPSA) is 99.4 Å². The van der Waals surface area contributed by atoms with Crippen LogP contribution in [0.15, 0.2) is 48.8 Å². The highest BCUT2D eigenvalue weighted by Crippen LogP contribution is 2.20. The Hall–Kier alpha value is -3.53. The molecule has 0 unspecified atom stereocenters. The average Bonchev–Trinajstić information content (AvgIpc) is 2.62. The number of nitriles is 1. The average molecular weight is 331 g/mol. The third-order valence-corrected chi connectivity index (χ3v) is 3.21. The number of nitrogens with zero attached hydrogens (tertiary/aromatic N) is 5. The van der Waals surface area contributed by atoms with Crippen molar-refractivity contribution in [1.82, 2.24) is 19.9 Å². The van der Waals surface area contributed by atoms with Crippen LogP contribution >= 0.6 is 0 Å². The van der Waals surface area contributed by atoms with Crippen molar-refractivity contribution in [2.24, 2.45) is 0 Å². The van der Waals surface area contributed by atoms with E-state index >= 15 is 0 Å². The van der Waals surface area contributed by atoms with Gasteiger partial charge in [-0.3, -0.25) is 4.98 Å². The fourth-order valence-corrected chi connectivity index (χ4v) is 2.17. The molecule has 2 N–H and O–H groups in total. The summed E-state index contributed by atoms with van der Waals surface area (Å²) in [6, 6.07) is 13.6. The minimum atomic E-state index is 0.183. The van der Waals surface area contributed by atoms with E-state index in [0.717, 1.165) is 5.56 Å². The summed E-state index contributed by atoms with van der Waals surface area (Å²) in [5.41, 5.74) is 1.99. The summed E-state index contributed by atoms with van der Waals surface area (Å²) in [5.74, 6) is 1.43. The van der Waals surface area contributed by atoms with Crippen LogP contribution in [0.2, 0.25) is 0 Å². The van der Waals surface area contributed by atoms with Crippen molar-refractivity contribution < 1.29 is 0 Å². The zero-order valence-corrected chi connectivity index (χ0v) is 13.9. The summed E-state index contributed by atoms with van der Waals surface area (Å²) in [6.07, 6.45) is 3.11. The van der Waals surface area contributed by atoms with Gasteiger partial charge < -0.3 is 10.6 Å². The lowest BCUT2D eigenvalue weighted by molar-refractivity contribution is 0.869. The molecule has 0 bridgehead atoms. The molecule has 0 amide bonds. The van der Waals surface area contributed by atoms with Crippen LogP contribution in [0.3, 0.4) is 0 Å². The van der Waals surface area contributed by atoms with Gasteiger partial charge in [0.25, 0.3) is 0 Å². The van der Waals surface area contributed by atoms with E-state index in [2.05, 4.69) is 36.6 Å². The van der Waals surface area contributed by atoms with Gasteiger partial charge in [0, 0.05) is 17.8 Å². The van der Waals surface area contributed by atoms with E-state index in [4.69, 9.17) is 5.26 Å². The second-order valence-electron chi connectivity index (χ2n) is 5.67. The fraction of sp³-hybridized carbons (Fsp3) is 0.167. The summed E-state index contributed by atoms with van der Waals surface area (Å²) in [7, 11) is 0. The number of hydrogen-bond donors (Lipinski definition) is 2. The molecule has 3 aromatic rings. The van der Waals surface area contributed by atoms with Gasteiger partial charge in [0.05, 0.1) is 17.4 Å². The van der Waals surface area contributed by atoms with Crippen LogP contribution in [0.4, 0.5) is 17.6 Å². The maximum Gasteiger partial charge on any atom is 0.232 e. The smallest absolute Gasteiger partial charge is 0.232 e. The van der Waals surface area contributed by atoms with Crippen LogP contribution in [0, 0.1) is 11.3 Å². The van der Waals surface area contributed by atoms with Crippen LogP contribution in [-0.2, 0) is 0 Å². The van der Waals surface area contributed by atoms with Gasteiger partial charge >= 0.3 is 0 Å². The molecular formula is C18H17N7. The number of hydrogen-bond acceptors (Lipinski definition) is 7. The minimum absolute atomic E-state index is 0.183. The first-order chi connectivity index (χ1) is 12.1. The molecule has 0 aliphatic carbocycles. The second kappa shape index (κ2) is 7.36. The van der Waals surface area contributed by atoms with Gasteiger partial charge in [-0.25, -0.2) is 0 Å². The molecule has 2 heterocycles. The number of nitrogens with one attached hydrogen (secondary N) is 2. The second-order valence-corrected chi connectivity index (χ2v) is 5.67. The van der Waals surface area contributed by atoms with E-state index in [-0.39, 0.29) is 6.04 Å². The third-order valence-electron chi connectivity index (χ3n) is 3.21. The Balaban J connectivity index is 1.98. The Morgan fingerprint density at radius 1 is 1.00 bits per heavy atom. The molecule has 3 rings (SSSR count). The molecular weight excluding hydrogens is 314 g/mol. The third kappa shape index (κ3) is 4.26. The molecule has 25 heavy (non-hydrogen) atoms. The van der Waals surface area contributed by atoms with Crippen molar-refractivity contribution in [2.45, 2.75) is 19.9 Å². The van der Waals surface area contributed by atoms with Crippen LogP contribution < -0.4 is 10.6 Å². The van der Waals surface area contributed by atoms with E-state index in [9.17, 15) is 0 Å². The van der Waals surface area contributed by atoms with Crippen molar-refractivity contribution in [1.29, 1.82) is 5.26 Å². The van der Waals surface area contributed by atoms with Crippen LogP contribution in [0.25, 0.3) is 11.4 Å². The lowest BCUT2D eigenvalue weighted by Gasteiger charge is -2.12. The largest absolute Gasteiger partial charge is 0.352 e. The zero-order valence-electron chi connectivity index (χ0n) is 13.9. The molecule has 0 saturated carbocycles. The van der Waals surface area contributed by atoms with Crippen molar-refractivity contribution >= 4 is 17.6 Å². The molecule has 0 fully saturated rings. The highest BCUT2D eigenvalue weighted by molar-refractivity contribution is 5.61. The van der Waals surface area contributed by atoms with E-state index < -0.39 is 0 Å². The quantitative estimate of drug-likeness (QED) is 0.739. The van der Waals surface area contributed by atoms with Crippen molar-refractivity contribution in [3.63, 3.8) is 0 Å². The van der Waals surface area contributed by atoms with Crippen LogP contribution in [0.5, 0.6) is 0 Å². The van der Waals surface area contributed by atoms with Gasteiger partial charge in [-0.15, -0.1) is 0 Å². The zero-order chi connectivity index (χ0) is 17.6. The molecule has 0 atom stereocenters. The molecule has 7 nitrogen and oxygen atoms in total. The summed E-state index contributed by atoms with van der Waals surface area (Å²) in [4.78, 5) is 17.4. The van der Waals surface area contributed by atoms with Crippen LogP contribution in [0.1, 0.15) is 19.4 Å². The van der Waals surface area contributed by atoms with E-state index in [1.165, 1.54) is 6.20 Å². The predicted molar refractivity (Wildman–Crippen MR) is 96.3 cm³/mol. The normalized spacial score (nSPS) is 10.3. The lowest BCUT2D eigenvalue weighted by Crippen LogP contribution is -2.14. The van der Waals surface area contributed by atoms with Crippen LogP contribution in [-0.4, -0.2) is 26.0 Å². The van der Waals surface area contributed by atoms with Gasteiger partial charge in [-0.05, 0) is 19.9 Å². The predicted octanol–water partition coefficient (Wildman–Crippen LogP) is 3.37. The Labute approximate surface area is 145 Å². The van der Waals surface area contributed by atoms with Gasteiger partial charge in [0.1, 0.15) is 6.07 Å². The molecule has 2 aromatic heterocycles. The van der Waals surface area contributed by atoms with Gasteiger partial charge in [0.15, 0.2) is 5.82 Å². The molecule has 0 radical (unpaired) electrons. The number of rotatable bonds is 5. The Kier molecular flexibility index (Phi) is 4.81. The highest BCUT2D eigenvalue weighted by atomic mass is 15.2. The fourth-order valence-electron chi connectivity index (χ4n) is 2.17. The van der Waals surface area contributed by atoms with E-state index in [0.29, 0.717) is 29.0 Å². The van der Waals surface area contributed by atoms with E-state index in [1.54, 1.807) is 12.3 Å². The first kappa shape index (κ1) is 16.3. The van der Waals surface area contributed by atoms with Gasteiger partial charge in [-0.2, -0.15) is 20.2 Å².